The molecule has 0 radical (unpaired) electrons. The number of likely N-dealkylation sites (tertiary alicyclic amines) is 1. The summed E-state index contributed by atoms with van der Waals surface area (Å²) in [5, 5.41) is 0. The summed E-state index contributed by atoms with van der Waals surface area (Å²) in [5.41, 5.74) is 7.35. The molecule has 1 heterocycles. The minimum atomic E-state index is -0.279. The highest BCUT2D eigenvalue weighted by Gasteiger charge is 2.26. The first-order chi connectivity index (χ1) is 8.60. The topological polar surface area (TPSA) is 38.5 Å². The predicted octanol–water partition coefficient (Wildman–Crippen LogP) is 2.26. The molecule has 1 fully saturated rings. The number of ether oxygens (including phenoxy) is 1. The zero-order valence-electron chi connectivity index (χ0n) is 11.0. The number of hydrogen-bond acceptors (Lipinski definition) is 3. The first-order valence-electron chi connectivity index (χ1n) is 6.39. The maximum atomic E-state index is 13.0. The summed E-state index contributed by atoms with van der Waals surface area (Å²) < 4.78 is 18.5. The molecular weight excluding hydrogens is 231 g/mol. The SMILES string of the molecule is COC1CN(Cc2ccc(F)cc2N)CCC1C. The Bertz CT molecular complexity index is 411. The largest absolute Gasteiger partial charge is 0.398 e. The van der Waals surface area contributed by atoms with Crippen LogP contribution in [-0.2, 0) is 11.3 Å². The first kappa shape index (κ1) is 13.3. The lowest BCUT2D eigenvalue weighted by molar-refractivity contribution is -0.00739. The summed E-state index contributed by atoms with van der Waals surface area (Å²) in [6.45, 7) is 4.93. The van der Waals surface area contributed by atoms with E-state index in [9.17, 15) is 4.39 Å². The van der Waals surface area contributed by atoms with E-state index in [0.717, 1.165) is 31.6 Å². The van der Waals surface area contributed by atoms with Gasteiger partial charge in [0, 0.05) is 25.9 Å². The van der Waals surface area contributed by atoms with E-state index in [4.69, 9.17) is 10.5 Å². The van der Waals surface area contributed by atoms with Gasteiger partial charge in [0.25, 0.3) is 0 Å². The first-order valence-corrected chi connectivity index (χ1v) is 6.39. The van der Waals surface area contributed by atoms with Gasteiger partial charge < -0.3 is 10.5 Å². The third-order valence-electron chi connectivity index (χ3n) is 3.78. The van der Waals surface area contributed by atoms with Gasteiger partial charge in [-0.3, -0.25) is 4.90 Å². The van der Waals surface area contributed by atoms with Gasteiger partial charge in [0.2, 0.25) is 0 Å². The van der Waals surface area contributed by atoms with Gasteiger partial charge >= 0.3 is 0 Å². The van der Waals surface area contributed by atoms with Crippen LogP contribution in [0.2, 0.25) is 0 Å². The highest BCUT2D eigenvalue weighted by atomic mass is 19.1. The highest BCUT2D eigenvalue weighted by Crippen LogP contribution is 2.23. The second-order valence-electron chi connectivity index (χ2n) is 5.12. The zero-order chi connectivity index (χ0) is 13.1. The van der Waals surface area contributed by atoms with Crippen molar-refractivity contribution in [3.63, 3.8) is 0 Å². The van der Waals surface area contributed by atoms with E-state index in [1.165, 1.54) is 12.1 Å². The van der Waals surface area contributed by atoms with Crippen LogP contribution in [0.25, 0.3) is 0 Å². The summed E-state index contributed by atoms with van der Waals surface area (Å²) in [6, 6.07) is 4.62. The number of nitrogens with two attached hydrogens (primary N) is 1. The van der Waals surface area contributed by atoms with Gasteiger partial charge in [-0.25, -0.2) is 4.39 Å². The van der Waals surface area contributed by atoms with Crippen molar-refractivity contribution >= 4 is 5.69 Å². The number of anilines is 1. The molecule has 0 aliphatic carbocycles. The molecule has 0 bridgehead atoms. The summed E-state index contributed by atoms with van der Waals surface area (Å²) >= 11 is 0. The highest BCUT2D eigenvalue weighted by molar-refractivity contribution is 5.46. The van der Waals surface area contributed by atoms with Crippen LogP contribution in [0.3, 0.4) is 0 Å². The van der Waals surface area contributed by atoms with Crippen molar-refractivity contribution in [2.24, 2.45) is 5.92 Å². The van der Waals surface area contributed by atoms with Crippen LogP contribution < -0.4 is 5.73 Å². The molecule has 1 aromatic carbocycles. The van der Waals surface area contributed by atoms with Gasteiger partial charge in [-0.05, 0) is 36.6 Å². The maximum absolute atomic E-state index is 13.0. The van der Waals surface area contributed by atoms with Crippen LogP contribution in [0.5, 0.6) is 0 Å². The number of halogens is 1. The predicted molar refractivity (Wildman–Crippen MR) is 70.7 cm³/mol. The van der Waals surface area contributed by atoms with Crippen molar-refractivity contribution in [2.75, 3.05) is 25.9 Å². The Kier molecular flexibility index (Phi) is 4.19. The van der Waals surface area contributed by atoms with Crippen molar-refractivity contribution in [2.45, 2.75) is 26.0 Å². The second kappa shape index (κ2) is 5.67. The molecule has 0 spiro atoms. The fourth-order valence-electron chi connectivity index (χ4n) is 2.50. The van der Waals surface area contributed by atoms with Gasteiger partial charge in [0.15, 0.2) is 0 Å². The fourth-order valence-corrected chi connectivity index (χ4v) is 2.50. The molecule has 0 amide bonds. The number of rotatable bonds is 3. The van der Waals surface area contributed by atoms with Crippen LogP contribution >= 0.6 is 0 Å². The van der Waals surface area contributed by atoms with Gasteiger partial charge in [0.1, 0.15) is 5.82 Å². The van der Waals surface area contributed by atoms with E-state index in [2.05, 4.69) is 11.8 Å². The molecule has 2 N–H and O–H groups in total. The Balaban J connectivity index is 2.01. The molecule has 4 heteroatoms. The van der Waals surface area contributed by atoms with Crippen molar-refractivity contribution in [3.05, 3.63) is 29.6 Å². The molecule has 1 aliphatic heterocycles. The number of nitrogen functional groups attached to an aromatic ring is 1. The van der Waals surface area contributed by atoms with E-state index in [0.29, 0.717) is 11.6 Å². The Morgan fingerprint density at radius 1 is 1.50 bits per heavy atom. The van der Waals surface area contributed by atoms with Gasteiger partial charge in [0.05, 0.1) is 6.10 Å². The van der Waals surface area contributed by atoms with Crippen molar-refractivity contribution in [3.8, 4) is 0 Å². The average Bonchev–Trinajstić information content (AvgIpc) is 2.35. The summed E-state index contributed by atoms with van der Waals surface area (Å²) in [4.78, 5) is 2.32. The van der Waals surface area contributed by atoms with Crippen molar-refractivity contribution in [1.29, 1.82) is 0 Å². The molecule has 100 valence electrons. The van der Waals surface area contributed by atoms with Crippen LogP contribution in [0.15, 0.2) is 18.2 Å². The minimum Gasteiger partial charge on any atom is -0.398 e. The van der Waals surface area contributed by atoms with E-state index in [1.807, 2.05) is 0 Å². The summed E-state index contributed by atoms with van der Waals surface area (Å²) in [5.74, 6) is 0.315. The standard InChI is InChI=1S/C14H21FN2O/c1-10-5-6-17(9-14(10)18-2)8-11-3-4-12(15)7-13(11)16/h3-4,7,10,14H,5-6,8-9,16H2,1-2H3. The molecule has 0 saturated carbocycles. The minimum absolute atomic E-state index is 0.278. The molecule has 2 rings (SSSR count). The molecule has 1 aliphatic rings. The monoisotopic (exact) mass is 252 g/mol. The van der Waals surface area contributed by atoms with E-state index < -0.39 is 0 Å². The normalized spacial score (nSPS) is 25.3. The third kappa shape index (κ3) is 3.00. The second-order valence-corrected chi connectivity index (χ2v) is 5.12. The molecule has 1 aromatic rings. The lowest BCUT2D eigenvalue weighted by Gasteiger charge is -2.36. The number of piperidine rings is 1. The van der Waals surface area contributed by atoms with Crippen LogP contribution in [0.1, 0.15) is 18.9 Å². The zero-order valence-corrected chi connectivity index (χ0v) is 11.0. The summed E-state index contributed by atoms with van der Waals surface area (Å²) in [7, 11) is 1.76. The van der Waals surface area contributed by atoms with Crippen molar-refractivity contribution in [1.82, 2.24) is 4.90 Å². The molecule has 2 atom stereocenters. The third-order valence-corrected chi connectivity index (χ3v) is 3.78. The molecule has 3 nitrogen and oxygen atoms in total. The van der Waals surface area contributed by atoms with E-state index >= 15 is 0 Å². The quantitative estimate of drug-likeness (QED) is 0.839. The number of nitrogens with zero attached hydrogens (tertiary/aromatic N) is 1. The lowest BCUT2D eigenvalue weighted by atomic mass is 9.95. The van der Waals surface area contributed by atoms with E-state index in [-0.39, 0.29) is 11.9 Å². The molecule has 0 aromatic heterocycles. The van der Waals surface area contributed by atoms with Crippen LogP contribution in [-0.4, -0.2) is 31.2 Å². The van der Waals surface area contributed by atoms with Gasteiger partial charge in [-0.2, -0.15) is 0 Å². The Labute approximate surface area is 108 Å². The summed E-state index contributed by atoms with van der Waals surface area (Å²) in [6.07, 6.45) is 1.40. The Morgan fingerprint density at radius 3 is 2.94 bits per heavy atom. The molecular formula is C14H21FN2O. The van der Waals surface area contributed by atoms with Gasteiger partial charge in [-0.1, -0.05) is 13.0 Å². The molecule has 18 heavy (non-hydrogen) atoms. The fraction of sp³-hybridized carbons (Fsp3) is 0.571. The molecule has 2 unspecified atom stereocenters. The van der Waals surface area contributed by atoms with Gasteiger partial charge in [-0.15, -0.1) is 0 Å². The molecule has 1 saturated heterocycles. The maximum Gasteiger partial charge on any atom is 0.125 e. The smallest absolute Gasteiger partial charge is 0.125 e. The number of benzene rings is 1. The van der Waals surface area contributed by atoms with E-state index in [1.54, 1.807) is 13.2 Å². The number of hydrogen-bond donors (Lipinski definition) is 1. The van der Waals surface area contributed by atoms with Crippen LogP contribution in [0, 0.1) is 11.7 Å². The average molecular weight is 252 g/mol. The van der Waals surface area contributed by atoms with Crippen LogP contribution in [0.4, 0.5) is 10.1 Å². The Hall–Kier alpha value is -1.13. The van der Waals surface area contributed by atoms with Crippen molar-refractivity contribution < 1.29 is 9.13 Å². The Morgan fingerprint density at radius 2 is 2.28 bits per heavy atom. The number of methoxy groups -OCH3 is 1. The lowest BCUT2D eigenvalue weighted by Crippen LogP contribution is -2.43.